The summed E-state index contributed by atoms with van der Waals surface area (Å²) in [7, 11) is -3.65. The molecule has 1 fully saturated rings. The van der Waals surface area contributed by atoms with E-state index in [-0.39, 0.29) is 45.6 Å². The first-order chi connectivity index (χ1) is 19.5. The number of carbonyl (C=O) groups is 2. The molecule has 2 amide bonds. The molecule has 2 aliphatic heterocycles. The van der Waals surface area contributed by atoms with Crippen LogP contribution in [0.3, 0.4) is 0 Å². The quantitative estimate of drug-likeness (QED) is 0.447. The van der Waals surface area contributed by atoms with Gasteiger partial charge in [0.2, 0.25) is 5.91 Å². The fraction of sp³-hybridized carbons (Fsp3) is 0.536. The van der Waals surface area contributed by atoms with Crippen LogP contribution in [-0.4, -0.2) is 91.7 Å². The van der Waals surface area contributed by atoms with Crippen LogP contribution in [-0.2, 0) is 25.9 Å². The Morgan fingerprint density at radius 2 is 1.79 bits per heavy atom. The lowest BCUT2D eigenvalue weighted by Crippen LogP contribution is -2.50. The van der Waals surface area contributed by atoms with E-state index in [0.717, 1.165) is 4.90 Å². The molecule has 0 radical (unpaired) electrons. The van der Waals surface area contributed by atoms with Gasteiger partial charge in [-0.05, 0) is 62.6 Å². The smallest absolute Gasteiger partial charge is 0.413 e. The summed E-state index contributed by atoms with van der Waals surface area (Å²) >= 11 is 6.09. The van der Waals surface area contributed by atoms with E-state index in [2.05, 4.69) is 4.99 Å². The zero-order valence-electron chi connectivity index (χ0n) is 23.9. The van der Waals surface area contributed by atoms with E-state index < -0.39 is 51.5 Å². The van der Waals surface area contributed by atoms with Crippen molar-refractivity contribution in [2.24, 2.45) is 10.9 Å². The summed E-state index contributed by atoms with van der Waals surface area (Å²) in [5.74, 6) is -1.94. The van der Waals surface area contributed by atoms with Crippen LogP contribution in [0.25, 0.3) is 0 Å². The second-order valence-electron chi connectivity index (χ2n) is 11.4. The van der Waals surface area contributed by atoms with Crippen LogP contribution in [0.1, 0.15) is 39.7 Å². The number of benzene rings is 1. The maximum absolute atomic E-state index is 14.2. The first-order valence-corrected chi connectivity index (χ1v) is 15.6. The molecular weight excluding hydrogens is 597 g/mol. The Labute approximate surface area is 248 Å². The molecule has 1 aromatic carbocycles. The third-order valence-electron chi connectivity index (χ3n) is 7.24. The van der Waals surface area contributed by atoms with Gasteiger partial charge in [0, 0.05) is 43.3 Å². The largest absolute Gasteiger partial charge is 0.444 e. The molecule has 0 bridgehead atoms. The molecule has 1 unspecified atom stereocenters. The molecule has 14 heteroatoms. The van der Waals surface area contributed by atoms with Crippen LogP contribution in [0.15, 0.2) is 51.0 Å². The predicted molar refractivity (Wildman–Crippen MR) is 152 cm³/mol. The van der Waals surface area contributed by atoms with Gasteiger partial charge in [0.1, 0.15) is 5.60 Å². The minimum atomic E-state index is -4.67. The summed E-state index contributed by atoms with van der Waals surface area (Å²) in [4.78, 5) is 34.6. The lowest BCUT2D eigenvalue weighted by atomic mass is 9.84. The fourth-order valence-electron chi connectivity index (χ4n) is 5.07. The number of halogens is 4. The van der Waals surface area contributed by atoms with Crippen molar-refractivity contribution in [3.63, 3.8) is 0 Å². The predicted octanol–water partition coefficient (Wildman–Crippen LogP) is 4.82. The summed E-state index contributed by atoms with van der Waals surface area (Å²) in [5.41, 5.74) is -0.940. The summed E-state index contributed by atoms with van der Waals surface area (Å²) in [6.45, 7) is 7.91. The lowest BCUT2D eigenvalue weighted by molar-refractivity contribution is -0.132. The maximum Gasteiger partial charge on any atom is 0.413 e. The van der Waals surface area contributed by atoms with Crippen molar-refractivity contribution in [3.8, 4) is 0 Å². The summed E-state index contributed by atoms with van der Waals surface area (Å²) < 4.78 is 73.3. The molecule has 0 spiro atoms. The van der Waals surface area contributed by atoms with Crippen molar-refractivity contribution in [2.45, 2.75) is 57.3 Å². The molecule has 2 heterocycles. The second-order valence-corrected chi connectivity index (χ2v) is 14.1. The Hall–Kier alpha value is -2.90. The zero-order chi connectivity index (χ0) is 31.0. The molecule has 0 aromatic heterocycles. The average Bonchev–Trinajstić information content (AvgIpc) is 2.89. The molecule has 3 aliphatic rings. The van der Waals surface area contributed by atoms with Crippen molar-refractivity contribution in [1.82, 2.24) is 14.7 Å². The highest BCUT2D eigenvalue weighted by molar-refractivity contribution is 7.91. The van der Waals surface area contributed by atoms with E-state index in [1.807, 2.05) is 4.90 Å². The molecule has 4 rings (SSSR count). The number of sulfone groups is 1. The van der Waals surface area contributed by atoms with Gasteiger partial charge in [0.05, 0.1) is 35.1 Å². The molecule has 42 heavy (non-hydrogen) atoms. The van der Waals surface area contributed by atoms with E-state index in [0.29, 0.717) is 26.2 Å². The van der Waals surface area contributed by atoms with Crippen molar-refractivity contribution in [3.05, 3.63) is 51.7 Å². The number of carbonyl (C=O) groups excluding carboxylic acids is 2. The number of aliphatic imine (C=N–C) groups is 1. The summed E-state index contributed by atoms with van der Waals surface area (Å²) in [6.07, 6.45) is -3.15. The van der Waals surface area contributed by atoms with Crippen LogP contribution in [0, 0.1) is 5.92 Å². The van der Waals surface area contributed by atoms with Gasteiger partial charge in [-0.1, -0.05) is 18.5 Å². The van der Waals surface area contributed by atoms with Crippen LogP contribution >= 0.6 is 11.6 Å². The van der Waals surface area contributed by atoms with E-state index in [9.17, 15) is 31.2 Å². The number of rotatable bonds is 6. The molecule has 1 atom stereocenters. The Morgan fingerprint density at radius 3 is 2.38 bits per heavy atom. The third-order valence-corrected chi connectivity index (χ3v) is 9.30. The molecule has 1 aliphatic carbocycles. The minimum Gasteiger partial charge on any atom is -0.444 e. The van der Waals surface area contributed by atoms with Gasteiger partial charge in [-0.25, -0.2) is 18.2 Å². The van der Waals surface area contributed by atoms with Crippen LogP contribution < -0.4 is 0 Å². The number of allylic oxidation sites excluding steroid dienone is 1. The molecule has 0 N–H and O–H groups in total. The van der Waals surface area contributed by atoms with Crippen molar-refractivity contribution in [1.29, 1.82) is 0 Å². The van der Waals surface area contributed by atoms with Gasteiger partial charge < -0.3 is 9.64 Å². The van der Waals surface area contributed by atoms with Crippen molar-refractivity contribution < 1.29 is 35.9 Å². The Kier molecular flexibility index (Phi) is 9.15. The topological polar surface area (TPSA) is 99.6 Å². The van der Waals surface area contributed by atoms with Gasteiger partial charge in [0.15, 0.2) is 9.84 Å². The number of piperazine rings is 1. The van der Waals surface area contributed by atoms with E-state index in [4.69, 9.17) is 16.3 Å². The van der Waals surface area contributed by atoms with E-state index in [1.54, 1.807) is 20.8 Å². The molecule has 1 aromatic rings. The van der Waals surface area contributed by atoms with E-state index in [1.165, 1.54) is 42.4 Å². The monoisotopic (exact) mass is 630 g/mol. The third kappa shape index (κ3) is 7.35. The van der Waals surface area contributed by atoms with Crippen molar-refractivity contribution in [2.75, 3.05) is 38.5 Å². The molecular formula is C28H34ClF3N4O5S. The van der Waals surface area contributed by atoms with Crippen molar-refractivity contribution >= 4 is 39.8 Å². The summed E-state index contributed by atoms with van der Waals surface area (Å²) in [6, 6.07) is 4.22. The van der Waals surface area contributed by atoms with Gasteiger partial charge in [-0.2, -0.15) is 13.2 Å². The number of alkyl halides is 3. The van der Waals surface area contributed by atoms with Gasteiger partial charge in [-0.3, -0.25) is 14.6 Å². The highest BCUT2D eigenvalue weighted by Crippen LogP contribution is 2.41. The van der Waals surface area contributed by atoms with E-state index >= 15 is 0 Å². The second kappa shape index (κ2) is 12.0. The number of amides is 2. The van der Waals surface area contributed by atoms with Gasteiger partial charge in [0.25, 0.3) is 0 Å². The zero-order valence-corrected chi connectivity index (χ0v) is 25.4. The number of nitrogens with zero attached hydrogens (tertiary/aromatic N) is 4. The van der Waals surface area contributed by atoms with Gasteiger partial charge in [-0.15, -0.1) is 0 Å². The minimum absolute atomic E-state index is 0.00510. The fourth-order valence-corrected chi connectivity index (χ4v) is 6.37. The standard InChI is InChI=1S/C28H34ClF3N4O5S/c1-5-42(39,40)24-7-6-20(29)12-19(24)16-36-17-33-23-13-18(22(28(30,31)32)14-21(23)25(36)37)15-34-8-10-35(11-9-34)26(38)41-27(2,3)4/h6-7,12-13,17,21H,5,8-11,14-16H2,1-4H3. The normalized spacial score (nSPS) is 20.5. The maximum atomic E-state index is 14.2. The number of hydrogen-bond donors (Lipinski definition) is 0. The Morgan fingerprint density at radius 1 is 1.12 bits per heavy atom. The molecule has 1 saturated heterocycles. The Bertz CT molecular complexity index is 1440. The Balaban J connectivity index is 1.52. The number of hydrogen-bond acceptors (Lipinski definition) is 7. The first kappa shape index (κ1) is 32.0. The number of fused-ring (bicyclic) bond motifs is 1. The number of ether oxygens (including phenoxy) is 1. The lowest BCUT2D eigenvalue weighted by Gasteiger charge is -2.37. The SMILES string of the molecule is CCS(=O)(=O)c1ccc(Cl)cc1CN1C=NC2=CC(CN3CCN(C(=O)OC(C)(C)C)CC3)=C(C(F)(F)F)CC2C1=O. The summed E-state index contributed by atoms with van der Waals surface area (Å²) in [5, 5.41) is 0.263. The van der Waals surface area contributed by atoms with Crippen LogP contribution in [0.4, 0.5) is 18.0 Å². The first-order valence-electron chi connectivity index (χ1n) is 13.6. The molecule has 0 saturated carbocycles. The van der Waals surface area contributed by atoms with Gasteiger partial charge >= 0.3 is 12.3 Å². The molecule has 230 valence electrons. The molecule has 9 nitrogen and oxygen atoms in total. The van der Waals surface area contributed by atoms with Crippen LogP contribution in [0.5, 0.6) is 0 Å². The highest BCUT2D eigenvalue weighted by atomic mass is 35.5. The average molecular weight is 631 g/mol. The highest BCUT2D eigenvalue weighted by Gasteiger charge is 2.44. The van der Waals surface area contributed by atoms with Crippen LogP contribution in [0.2, 0.25) is 5.02 Å².